The first-order chi connectivity index (χ1) is 7.28. The third kappa shape index (κ3) is 2.92. The molecule has 3 nitrogen and oxygen atoms in total. The molecule has 0 aromatic heterocycles. The van der Waals surface area contributed by atoms with E-state index < -0.39 is 0 Å². The smallest absolute Gasteiger partial charge is 0.0614 e. The van der Waals surface area contributed by atoms with Crippen LogP contribution in [-0.4, -0.2) is 36.0 Å². The molecule has 2 rings (SSSR count). The second kappa shape index (κ2) is 4.81. The number of nitrogens with one attached hydrogen (secondary N) is 1. The highest BCUT2D eigenvalue weighted by molar-refractivity contribution is 5.01. The summed E-state index contributed by atoms with van der Waals surface area (Å²) in [7, 11) is 0. The standard InChI is InChI=1S/C12H23NO2/c1-2-7-15-11-5-6-12(8-11,9-14)13-10-3-4-10/h10-11,13-14H,2-9H2,1H3. The van der Waals surface area contributed by atoms with Crippen LogP contribution in [-0.2, 0) is 4.74 Å². The van der Waals surface area contributed by atoms with E-state index in [2.05, 4.69) is 12.2 Å². The average molecular weight is 213 g/mol. The molecule has 0 amide bonds. The van der Waals surface area contributed by atoms with Crippen molar-refractivity contribution in [2.75, 3.05) is 13.2 Å². The van der Waals surface area contributed by atoms with Gasteiger partial charge in [0.05, 0.1) is 12.7 Å². The second-order valence-corrected chi connectivity index (χ2v) is 5.09. The quantitative estimate of drug-likeness (QED) is 0.701. The van der Waals surface area contributed by atoms with Crippen molar-refractivity contribution in [1.29, 1.82) is 0 Å². The fraction of sp³-hybridized carbons (Fsp3) is 1.00. The first-order valence-electron chi connectivity index (χ1n) is 6.28. The summed E-state index contributed by atoms with van der Waals surface area (Å²) < 4.78 is 5.76. The van der Waals surface area contributed by atoms with Gasteiger partial charge in [0.15, 0.2) is 0 Å². The van der Waals surface area contributed by atoms with Gasteiger partial charge in [-0.3, -0.25) is 0 Å². The molecule has 88 valence electrons. The van der Waals surface area contributed by atoms with Gasteiger partial charge in [-0.1, -0.05) is 6.92 Å². The van der Waals surface area contributed by atoms with Crippen molar-refractivity contribution in [2.45, 2.75) is 63.1 Å². The Kier molecular flexibility index (Phi) is 3.65. The lowest BCUT2D eigenvalue weighted by Crippen LogP contribution is -2.48. The lowest BCUT2D eigenvalue weighted by Gasteiger charge is -2.28. The maximum Gasteiger partial charge on any atom is 0.0614 e. The Morgan fingerprint density at radius 1 is 1.40 bits per heavy atom. The van der Waals surface area contributed by atoms with E-state index in [0.717, 1.165) is 32.3 Å². The fourth-order valence-corrected chi connectivity index (χ4v) is 2.49. The Bertz CT molecular complexity index is 206. The van der Waals surface area contributed by atoms with Crippen molar-refractivity contribution in [3.05, 3.63) is 0 Å². The summed E-state index contributed by atoms with van der Waals surface area (Å²) in [4.78, 5) is 0. The molecule has 2 fully saturated rings. The second-order valence-electron chi connectivity index (χ2n) is 5.09. The molecule has 0 radical (unpaired) electrons. The minimum atomic E-state index is -0.0282. The summed E-state index contributed by atoms with van der Waals surface area (Å²) in [5, 5.41) is 13.1. The van der Waals surface area contributed by atoms with Gasteiger partial charge in [-0.2, -0.15) is 0 Å². The highest BCUT2D eigenvalue weighted by Crippen LogP contribution is 2.35. The van der Waals surface area contributed by atoms with Crippen molar-refractivity contribution < 1.29 is 9.84 Å². The zero-order chi connectivity index (χ0) is 10.7. The van der Waals surface area contributed by atoms with Crippen molar-refractivity contribution >= 4 is 0 Å². The molecule has 2 aliphatic carbocycles. The van der Waals surface area contributed by atoms with E-state index in [1.165, 1.54) is 12.8 Å². The summed E-state index contributed by atoms with van der Waals surface area (Å²) in [6, 6.07) is 0.669. The number of aliphatic hydroxyl groups excluding tert-OH is 1. The molecule has 0 bridgehead atoms. The molecule has 0 spiro atoms. The molecule has 0 aromatic rings. The van der Waals surface area contributed by atoms with Crippen LogP contribution in [0.2, 0.25) is 0 Å². The molecule has 2 unspecified atom stereocenters. The molecule has 2 aliphatic rings. The van der Waals surface area contributed by atoms with E-state index in [0.29, 0.717) is 12.1 Å². The first kappa shape index (κ1) is 11.4. The molecule has 2 atom stereocenters. The molecule has 2 saturated carbocycles. The molecule has 0 aromatic carbocycles. The van der Waals surface area contributed by atoms with E-state index in [1.807, 2.05) is 0 Å². The van der Waals surface area contributed by atoms with Crippen LogP contribution in [0.3, 0.4) is 0 Å². The minimum absolute atomic E-state index is 0.0282. The highest BCUT2D eigenvalue weighted by atomic mass is 16.5. The van der Waals surface area contributed by atoms with Crippen LogP contribution in [0, 0.1) is 0 Å². The average Bonchev–Trinajstić information content (AvgIpc) is 2.96. The van der Waals surface area contributed by atoms with Gasteiger partial charge in [0.1, 0.15) is 0 Å². The normalized spacial score (nSPS) is 36.0. The first-order valence-corrected chi connectivity index (χ1v) is 6.28. The summed E-state index contributed by atoms with van der Waals surface area (Å²) in [5.41, 5.74) is -0.0282. The lowest BCUT2D eigenvalue weighted by atomic mass is 9.98. The minimum Gasteiger partial charge on any atom is -0.394 e. The van der Waals surface area contributed by atoms with Crippen LogP contribution in [0.1, 0.15) is 45.4 Å². The van der Waals surface area contributed by atoms with Crippen LogP contribution < -0.4 is 5.32 Å². The van der Waals surface area contributed by atoms with Crippen LogP contribution >= 0.6 is 0 Å². The lowest BCUT2D eigenvalue weighted by molar-refractivity contribution is 0.0469. The van der Waals surface area contributed by atoms with Gasteiger partial charge in [-0.15, -0.1) is 0 Å². The van der Waals surface area contributed by atoms with Crippen LogP contribution in [0.15, 0.2) is 0 Å². The predicted molar refractivity (Wildman–Crippen MR) is 59.9 cm³/mol. The van der Waals surface area contributed by atoms with Gasteiger partial charge >= 0.3 is 0 Å². The Morgan fingerprint density at radius 3 is 2.80 bits per heavy atom. The maximum atomic E-state index is 9.52. The molecular weight excluding hydrogens is 190 g/mol. The van der Waals surface area contributed by atoms with E-state index in [4.69, 9.17) is 4.74 Å². The molecule has 0 heterocycles. The summed E-state index contributed by atoms with van der Waals surface area (Å²) in [6.07, 6.45) is 7.15. The highest BCUT2D eigenvalue weighted by Gasteiger charge is 2.42. The van der Waals surface area contributed by atoms with Gasteiger partial charge < -0.3 is 15.2 Å². The van der Waals surface area contributed by atoms with Gasteiger partial charge in [0, 0.05) is 18.2 Å². The van der Waals surface area contributed by atoms with Crippen molar-refractivity contribution in [2.24, 2.45) is 0 Å². The van der Waals surface area contributed by atoms with Gasteiger partial charge in [0.25, 0.3) is 0 Å². The molecule has 0 aliphatic heterocycles. The number of hydrogen-bond acceptors (Lipinski definition) is 3. The van der Waals surface area contributed by atoms with E-state index in [-0.39, 0.29) is 12.1 Å². The summed E-state index contributed by atoms with van der Waals surface area (Å²) >= 11 is 0. The third-order valence-corrected chi connectivity index (χ3v) is 3.51. The van der Waals surface area contributed by atoms with Crippen molar-refractivity contribution in [3.8, 4) is 0 Å². The molecule has 2 N–H and O–H groups in total. The van der Waals surface area contributed by atoms with E-state index in [9.17, 15) is 5.11 Å². The zero-order valence-electron chi connectivity index (χ0n) is 9.67. The number of aliphatic hydroxyl groups is 1. The fourth-order valence-electron chi connectivity index (χ4n) is 2.49. The number of rotatable bonds is 6. The molecule has 15 heavy (non-hydrogen) atoms. The SMILES string of the molecule is CCCOC1CCC(CO)(NC2CC2)C1. The predicted octanol–water partition coefficient (Wildman–Crippen LogP) is 1.45. The van der Waals surface area contributed by atoms with E-state index >= 15 is 0 Å². The molecule has 0 saturated heterocycles. The van der Waals surface area contributed by atoms with Crippen LogP contribution in [0.4, 0.5) is 0 Å². The van der Waals surface area contributed by atoms with Crippen molar-refractivity contribution in [1.82, 2.24) is 5.32 Å². The number of hydrogen-bond donors (Lipinski definition) is 2. The van der Waals surface area contributed by atoms with Gasteiger partial charge in [-0.05, 0) is 38.5 Å². The monoisotopic (exact) mass is 213 g/mol. The summed E-state index contributed by atoms with van der Waals surface area (Å²) in [6.45, 7) is 3.25. The maximum absolute atomic E-state index is 9.52. The Morgan fingerprint density at radius 2 is 2.20 bits per heavy atom. The third-order valence-electron chi connectivity index (χ3n) is 3.51. The Labute approximate surface area is 92.2 Å². The molecule has 3 heteroatoms. The van der Waals surface area contributed by atoms with Gasteiger partial charge in [0.2, 0.25) is 0 Å². The number of ether oxygens (including phenoxy) is 1. The van der Waals surface area contributed by atoms with Crippen LogP contribution in [0.25, 0.3) is 0 Å². The zero-order valence-corrected chi connectivity index (χ0v) is 9.67. The Balaban J connectivity index is 1.80. The largest absolute Gasteiger partial charge is 0.394 e. The van der Waals surface area contributed by atoms with Crippen LogP contribution in [0.5, 0.6) is 0 Å². The summed E-state index contributed by atoms with van der Waals surface area (Å²) in [5.74, 6) is 0. The van der Waals surface area contributed by atoms with Crippen molar-refractivity contribution in [3.63, 3.8) is 0 Å². The molecular formula is C12H23NO2. The van der Waals surface area contributed by atoms with Gasteiger partial charge in [-0.25, -0.2) is 0 Å². The Hall–Kier alpha value is -0.120. The van der Waals surface area contributed by atoms with E-state index in [1.54, 1.807) is 0 Å². The topological polar surface area (TPSA) is 41.5 Å².